The van der Waals surface area contributed by atoms with Crippen molar-refractivity contribution < 1.29 is 19.1 Å². The molecular weight excluding hydrogens is 368 g/mol. The lowest BCUT2D eigenvalue weighted by Crippen LogP contribution is -2.37. The number of hydrogen-bond acceptors (Lipinski definition) is 4. The molecule has 0 bridgehead atoms. The van der Waals surface area contributed by atoms with Crippen LogP contribution in [-0.4, -0.2) is 36.6 Å². The van der Waals surface area contributed by atoms with Crippen molar-refractivity contribution in [2.45, 2.75) is 39.7 Å². The lowest BCUT2D eigenvalue weighted by atomic mass is 9.87. The normalized spacial score (nSPS) is 12.6. The summed E-state index contributed by atoms with van der Waals surface area (Å²) >= 11 is 0. The lowest BCUT2D eigenvalue weighted by Gasteiger charge is -2.22. The Balaban J connectivity index is 1.54. The lowest BCUT2D eigenvalue weighted by molar-refractivity contribution is -0.129. The summed E-state index contributed by atoms with van der Waals surface area (Å²) in [5, 5.41) is 2.89. The molecule has 6 heteroatoms. The second-order valence-electron chi connectivity index (χ2n) is 8.21. The number of rotatable bonds is 6. The smallest absolute Gasteiger partial charge is 0.251 e. The summed E-state index contributed by atoms with van der Waals surface area (Å²) in [6.07, 6.45) is 0. The number of nitrogens with one attached hydrogen (secondary N) is 1. The number of carbonyl (C=O) groups is 2. The zero-order valence-corrected chi connectivity index (χ0v) is 17.5. The molecule has 1 N–H and O–H groups in total. The molecule has 0 radical (unpaired) electrons. The van der Waals surface area contributed by atoms with E-state index in [1.165, 1.54) is 12.5 Å². The monoisotopic (exact) mass is 396 g/mol. The van der Waals surface area contributed by atoms with Gasteiger partial charge in [-0.15, -0.1) is 0 Å². The van der Waals surface area contributed by atoms with Crippen LogP contribution in [-0.2, 0) is 16.8 Å². The van der Waals surface area contributed by atoms with Crippen molar-refractivity contribution in [1.82, 2.24) is 10.2 Å². The number of hydrogen-bond donors (Lipinski definition) is 1. The highest BCUT2D eigenvalue weighted by molar-refractivity contribution is 5.94. The number of benzene rings is 2. The molecule has 0 aliphatic carbocycles. The predicted molar refractivity (Wildman–Crippen MR) is 111 cm³/mol. The Morgan fingerprint density at radius 2 is 1.72 bits per heavy atom. The van der Waals surface area contributed by atoms with E-state index in [1.807, 2.05) is 42.5 Å². The first kappa shape index (κ1) is 20.7. The third kappa shape index (κ3) is 5.28. The van der Waals surface area contributed by atoms with Crippen molar-refractivity contribution in [1.29, 1.82) is 0 Å². The van der Waals surface area contributed by atoms with Crippen LogP contribution in [0.1, 0.15) is 49.2 Å². The SMILES string of the molecule is CC(=O)N(CCNC(=O)c1ccc(C(C)(C)C)cc1)Cc1ccc2c(c1)OCO2. The number of amides is 2. The van der Waals surface area contributed by atoms with Crippen molar-refractivity contribution in [2.75, 3.05) is 19.9 Å². The molecule has 2 amide bonds. The molecular formula is C23H28N2O4. The first-order chi connectivity index (χ1) is 13.7. The van der Waals surface area contributed by atoms with Gasteiger partial charge in [0.05, 0.1) is 0 Å². The minimum Gasteiger partial charge on any atom is -0.454 e. The molecule has 0 atom stereocenters. The van der Waals surface area contributed by atoms with Crippen LogP contribution in [0.3, 0.4) is 0 Å². The van der Waals surface area contributed by atoms with Crippen LogP contribution in [0.15, 0.2) is 42.5 Å². The van der Waals surface area contributed by atoms with E-state index in [0.29, 0.717) is 36.7 Å². The van der Waals surface area contributed by atoms with Crippen LogP contribution in [0.4, 0.5) is 0 Å². The highest BCUT2D eigenvalue weighted by Crippen LogP contribution is 2.32. The molecule has 0 spiro atoms. The van der Waals surface area contributed by atoms with E-state index in [-0.39, 0.29) is 24.0 Å². The third-order valence-corrected chi connectivity index (χ3v) is 4.94. The highest BCUT2D eigenvalue weighted by atomic mass is 16.7. The molecule has 0 unspecified atom stereocenters. The maximum Gasteiger partial charge on any atom is 0.251 e. The van der Waals surface area contributed by atoms with Crippen LogP contribution >= 0.6 is 0 Å². The van der Waals surface area contributed by atoms with Crippen LogP contribution in [0.25, 0.3) is 0 Å². The van der Waals surface area contributed by atoms with Crippen molar-refractivity contribution in [3.05, 3.63) is 59.2 Å². The van der Waals surface area contributed by atoms with Crippen LogP contribution < -0.4 is 14.8 Å². The Kier molecular flexibility index (Phi) is 6.11. The molecule has 1 aliphatic heterocycles. The number of ether oxygens (including phenoxy) is 2. The van der Waals surface area contributed by atoms with Gasteiger partial charge in [0, 0.05) is 32.1 Å². The molecule has 154 valence electrons. The average Bonchev–Trinajstić information content (AvgIpc) is 3.14. The quantitative estimate of drug-likeness (QED) is 0.812. The van der Waals surface area contributed by atoms with Crippen molar-refractivity contribution in [3.8, 4) is 11.5 Å². The first-order valence-electron chi connectivity index (χ1n) is 9.77. The average molecular weight is 396 g/mol. The molecule has 1 heterocycles. The molecule has 29 heavy (non-hydrogen) atoms. The summed E-state index contributed by atoms with van der Waals surface area (Å²) in [7, 11) is 0. The van der Waals surface area contributed by atoms with Crippen molar-refractivity contribution in [3.63, 3.8) is 0 Å². The van der Waals surface area contributed by atoms with Gasteiger partial charge in [0.25, 0.3) is 5.91 Å². The summed E-state index contributed by atoms with van der Waals surface area (Å²) in [6.45, 7) is 9.41. The first-order valence-corrected chi connectivity index (χ1v) is 9.77. The summed E-state index contributed by atoms with van der Waals surface area (Å²) in [4.78, 5) is 26.1. The molecule has 1 aliphatic rings. The van der Waals surface area contributed by atoms with Crippen molar-refractivity contribution >= 4 is 11.8 Å². The summed E-state index contributed by atoms with van der Waals surface area (Å²) in [6, 6.07) is 13.3. The summed E-state index contributed by atoms with van der Waals surface area (Å²) in [5.74, 6) is 1.22. The second-order valence-corrected chi connectivity index (χ2v) is 8.21. The molecule has 0 saturated carbocycles. The largest absolute Gasteiger partial charge is 0.454 e. The van der Waals surface area contributed by atoms with Gasteiger partial charge < -0.3 is 19.7 Å². The van der Waals surface area contributed by atoms with E-state index in [1.54, 1.807) is 4.90 Å². The van der Waals surface area contributed by atoms with Gasteiger partial charge in [-0.25, -0.2) is 0 Å². The number of fused-ring (bicyclic) bond motifs is 1. The van der Waals surface area contributed by atoms with E-state index in [2.05, 4.69) is 26.1 Å². The van der Waals surface area contributed by atoms with Crippen molar-refractivity contribution in [2.24, 2.45) is 0 Å². The van der Waals surface area contributed by atoms with Gasteiger partial charge in [0.15, 0.2) is 11.5 Å². The number of carbonyl (C=O) groups excluding carboxylic acids is 2. The third-order valence-electron chi connectivity index (χ3n) is 4.94. The zero-order valence-electron chi connectivity index (χ0n) is 17.5. The van der Waals surface area contributed by atoms with Gasteiger partial charge in [0.1, 0.15) is 0 Å². The maximum absolute atomic E-state index is 12.4. The Bertz CT molecular complexity index is 885. The Morgan fingerprint density at radius 3 is 2.38 bits per heavy atom. The van der Waals surface area contributed by atoms with Gasteiger partial charge in [0.2, 0.25) is 12.7 Å². The Labute approximate surface area is 171 Å². The minimum atomic E-state index is -0.142. The van der Waals surface area contributed by atoms with E-state index in [4.69, 9.17) is 9.47 Å². The van der Waals surface area contributed by atoms with Gasteiger partial charge in [-0.3, -0.25) is 9.59 Å². The fourth-order valence-corrected chi connectivity index (χ4v) is 3.14. The predicted octanol–water partition coefficient (Wildman–Crippen LogP) is 3.49. The van der Waals surface area contributed by atoms with Crippen LogP contribution in [0, 0.1) is 0 Å². The molecule has 2 aromatic carbocycles. The van der Waals surface area contributed by atoms with E-state index in [9.17, 15) is 9.59 Å². The molecule has 0 aromatic heterocycles. The van der Waals surface area contributed by atoms with Gasteiger partial charge >= 0.3 is 0 Å². The zero-order chi connectivity index (χ0) is 21.0. The summed E-state index contributed by atoms with van der Waals surface area (Å²) in [5.41, 5.74) is 2.79. The van der Waals surface area contributed by atoms with E-state index in [0.717, 1.165) is 5.56 Å². The Morgan fingerprint density at radius 1 is 1.03 bits per heavy atom. The molecule has 0 saturated heterocycles. The fraction of sp³-hybridized carbons (Fsp3) is 0.391. The van der Waals surface area contributed by atoms with Crippen LogP contribution in [0.2, 0.25) is 0 Å². The van der Waals surface area contributed by atoms with Crippen LogP contribution in [0.5, 0.6) is 11.5 Å². The van der Waals surface area contributed by atoms with Gasteiger partial charge in [-0.2, -0.15) is 0 Å². The molecule has 2 aromatic rings. The molecule has 6 nitrogen and oxygen atoms in total. The molecule has 0 fully saturated rings. The Hall–Kier alpha value is -3.02. The summed E-state index contributed by atoms with van der Waals surface area (Å²) < 4.78 is 10.7. The maximum atomic E-state index is 12.4. The number of nitrogens with zero attached hydrogens (tertiary/aromatic N) is 1. The fourth-order valence-electron chi connectivity index (χ4n) is 3.14. The highest BCUT2D eigenvalue weighted by Gasteiger charge is 2.17. The second kappa shape index (κ2) is 8.55. The molecule has 3 rings (SSSR count). The topological polar surface area (TPSA) is 67.9 Å². The van der Waals surface area contributed by atoms with Gasteiger partial charge in [-0.1, -0.05) is 39.0 Å². The van der Waals surface area contributed by atoms with E-state index >= 15 is 0 Å². The van der Waals surface area contributed by atoms with Gasteiger partial charge in [-0.05, 0) is 40.8 Å². The minimum absolute atomic E-state index is 0.0473. The standard InChI is InChI=1S/C23H28N2O4/c1-16(26)25(14-17-5-10-20-21(13-17)29-15-28-20)12-11-24-22(27)18-6-8-19(9-7-18)23(2,3)4/h5-10,13H,11-12,14-15H2,1-4H3,(H,24,27). The van der Waals surface area contributed by atoms with E-state index < -0.39 is 0 Å².